The Morgan fingerprint density at radius 1 is 1.38 bits per heavy atom. The Morgan fingerprint density at radius 2 is 2.06 bits per heavy atom. The molecule has 0 aliphatic heterocycles. The summed E-state index contributed by atoms with van der Waals surface area (Å²) in [7, 11) is 0. The molecule has 0 saturated carbocycles. The van der Waals surface area contributed by atoms with Crippen molar-refractivity contribution >= 4 is 22.8 Å². The van der Waals surface area contributed by atoms with Gasteiger partial charge in [-0.25, -0.2) is 4.98 Å². The first kappa shape index (κ1) is 10.7. The predicted octanol–water partition coefficient (Wildman–Crippen LogP) is 2.37. The summed E-state index contributed by atoms with van der Waals surface area (Å²) in [6.45, 7) is 5.71. The first-order valence-electron chi connectivity index (χ1n) is 5.18. The second kappa shape index (κ2) is 3.33. The maximum Gasteiger partial charge on any atom is 0.198 e. The van der Waals surface area contributed by atoms with Crippen LogP contribution in [0.15, 0.2) is 18.2 Å². The lowest BCUT2D eigenvalue weighted by Crippen LogP contribution is -2.19. The lowest BCUT2D eigenvalue weighted by atomic mass is 9.86. The molecule has 0 aliphatic rings. The second-order valence-electron chi connectivity index (χ2n) is 4.93. The predicted molar refractivity (Wildman–Crippen MR) is 64.3 cm³/mol. The van der Waals surface area contributed by atoms with Gasteiger partial charge in [-0.1, -0.05) is 20.8 Å². The molecular formula is C12H15N3O. The number of ketones is 1. The minimum atomic E-state index is -0.376. The number of benzene rings is 1. The van der Waals surface area contributed by atoms with Crippen molar-refractivity contribution in [2.75, 3.05) is 5.73 Å². The molecule has 0 aliphatic carbocycles. The number of anilines is 1. The third-order valence-electron chi connectivity index (χ3n) is 2.44. The van der Waals surface area contributed by atoms with Crippen molar-refractivity contribution in [3.63, 3.8) is 0 Å². The van der Waals surface area contributed by atoms with E-state index >= 15 is 0 Å². The minimum absolute atomic E-state index is 0.113. The number of carbonyl (C=O) groups is 1. The van der Waals surface area contributed by atoms with Crippen molar-refractivity contribution in [2.45, 2.75) is 20.8 Å². The Balaban J connectivity index is 2.51. The van der Waals surface area contributed by atoms with Gasteiger partial charge in [0.2, 0.25) is 0 Å². The summed E-state index contributed by atoms with van der Waals surface area (Å²) >= 11 is 0. The van der Waals surface area contributed by atoms with Crippen LogP contribution in [0.3, 0.4) is 0 Å². The molecule has 4 nitrogen and oxygen atoms in total. The molecule has 0 atom stereocenters. The van der Waals surface area contributed by atoms with Crippen molar-refractivity contribution in [1.82, 2.24) is 9.97 Å². The van der Waals surface area contributed by atoms with Crippen LogP contribution in [-0.4, -0.2) is 15.8 Å². The zero-order valence-electron chi connectivity index (χ0n) is 9.66. The lowest BCUT2D eigenvalue weighted by Gasteiger charge is -2.16. The third-order valence-corrected chi connectivity index (χ3v) is 2.44. The maximum atomic E-state index is 12.1. The zero-order chi connectivity index (χ0) is 11.9. The van der Waals surface area contributed by atoms with Crippen LogP contribution in [0.1, 0.15) is 31.1 Å². The van der Waals surface area contributed by atoms with E-state index < -0.39 is 0 Å². The number of aromatic amines is 1. The highest BCUT2D eigenvalue weighted by Gasteiger charge is 2.23. The van der Waals surface area contributed by atoms with Gasteiger partial charge in [-0.15, -0.1) is 0 Å². The summed E-state index contributed by atoms with van der Waals surface area (Å²) in [6, 6.07) is 5.39. The normalized spacial score (nSPS) is 11.9. The van der Waals surface area contributed by atoms with Gasteiger partial charge in [0.15, 0.2) is 11.7 Å². The number of Topliss-reactive ketones (excluding diaryl/α,β-unsaturated/α-hetero) is 1. The van der Waals surface area contributed by atoms with E-state index in [9.17, 15) is 4.79 Å². The van der Waals surface area contributed by atoms with Crippen molar-refractivity contribution in [1.29, 1.82) is 0 Å². The van der Waals surface area contributed by atoms with E-state index in [4.69, 9.17) is 5.73 Å². The largest absolute Gasteiger partial charge is 0.369 e. The average Bonchev–Trinajstić information content (AvgIpc) is 2.54. The summed E-state index contributed by atoms with van der Waals surface area (Å²) in [5.74, 6) is 0.484. The van der Waals surface area contributed by atoms with Crippen LogP contribution in [0.25, 0.3) is 11.0 Å². The van der Waals surface area contributed by atoms with Crippen LogP contribution in [0.5, 0.6) is 0 Å². The molecule has 3 N–H and O–H groups in total. The molecule has 1 heterocycles. The fraction of sp³-hybridized carbons (Fsp3) is 0.333. The molecule has 4 heteroatoms. The van der Waals surface area contributed by atoms with Gasteiger partial charge >= 0.3 is 0 Å². The summed E-state index contributed by atoms with van der Waals surface area (Å²) in [6.07, 6.45) is 0. The van der Waals surface area contributed by atoms with Crippen molar-refractivity contribution in [2.24, 2.45) is 5.41 Å². The van der Waals surface area contributed by atoms with E-state index in [0.717, 1.165) is 11.0 Å². The molecule has 2 rings (SSSR count). The summed E-state index contributed by atoms with van der Waals surface area (Å²) in [4.78, 5) is 19.1. The lowest BCUT2D eigenvalue weighted by molar-refractivity contribution is 0.0858. The Morgan fingerprint density at radius 3 is 2.69 bits per heavy atom. The Hall–Kier alpha value is -1.84. The summed E-state index contributed by atoms with van der Waals surface area (Å²) in [5.41, 5.74) is 7.44. The van der Waals surface area contributed by atoms with E-state index in [2.05, 4.69) is 9.97 Å². The molecular weight excluding hydrogens is 202 g/mol. The number of nitrogens with one attached hydrogen (secondary N) is 1. The summed E-state index contributed by atoms with van der Waals surface area (Å²) < 4.78 is 0. The molecule has 1 aromatic carbocycles. The fourth-order valence-electron chi connectivity index (χ4n) is 1.60. The third kappa shape index (κ3) is 1.78. The van der Waals surface area contributed by atoms with Crippen LogP contribution in [0.2, 0.25) is 0 Å². The van der Waals surface area contributed by atoms with Gasteiger partial charge in [-0.3, -0.25) is 4.79 Å². The molecule has 0 spiro atoms. The molecule has 0 fully saturated rings. The van der Waals surface area contributed by atoms with Gasteiger partial charge in [0.1, 0.15) is 0 Å². The number of H-pyrrole nitrogens is 1. The Kier molecular flexibility index (Phi) is 2.22. The Labute approximate surface area is 93.9 Å². The molecule has 0 bridgehead atoms. The van der Waals surface area contributed by atoms with Crippen LogP contribution < -0.4 is 5.73 Å². The van der Waals surface area contributed by atoms with Gasteiger partial charge < -0.3 is 10.7 Å². The first-order chi connectivity index (χ1) is 7.38. The number of aromatic nitrogens is 2. The quantitative estimate of drug-likeness (QED) is 0.720. The van der Waals surface area contributed by atoms with Crippen LogP contribution in [-0.2, 0) is 0 Å². The van der Waals surface area contributed by atoms with Gasteiger partial charge in [0, 0.05) is 11.0 Å². The number of imidazole rings is 1. The van der Waals surface area contributed by atoms with E-state index in [1.54, 1.807) is 18.2 Å². The molecule has 2 aromatic rings. The number of hydrogen-bond donors (Lipinski definition) is 2. The summed E-state index contributed by atoms with van der Waals surface area (Å²) in [5, 5.41) is 0. The van der Waals surface area contributed by atoms with Gasteiger partial charge in [0.25, 0.3) is 0 Å². The minimum Gasteiger partial charge on any atom is -0.369 e. The number of nitrogen functional groups attached to an aromatic ring is 1. The maximum absolute atomic E-state index is 12.1. The van der Waals surface area contributed by atoms with Gasteiger partial charge in [-0.05, 0) is 18.2 Å². The Bertz CT molecular complexity index is 549. The standard InChI is InChI=1S/C12H15N3O/c1-12(2,3)10(16)7-4-5-8-9(6-7)15-11(13)14-8/h4-6H,1-3H3,(H3,13,14,15). The fourth-order valence-corrected chi connectivity index (χ4v) is 1.60. The van der Waals surface area contributed by atoms with Crippen molar-refractivity contribution in [3.05, 3.63) is 23.8 Å². The molecule has 0 amide bonds. The highest BCUT2D eigenvalue weighted by atomic mass is 16.1. The molecule has 1 aromatic heterocycles. The smallest absolute Gasteiger partial charge is 0.198 e. The molecule has 84 valence electrons. The number of nitrogens with zero attached hydrogens (tertiary/aromatic N) is 1. The monoisotopic (exact) mass is 217 g/mol. The topological polar surface area (TPSA) is 71.8 Å². The average molecular weight is 217 g/mol. The number of fused-ring (bicyclic) bond motifs is 1. The number of nitrogens with two attached hydrogens (primary N) is 1. The molecule has 0 saturated heterocycles. The van der Waals surface area contributed by atoms with Crippen molar-refractivity contribution in [3.8, 4) is 0 Å². The number of carbonyl (C=O) groups excluding carboxylic acids is 1. The van der Waals surface area contributed by atoms with Crippen molar-refractivity contribution < 1.29 is 4.79 Å². The van der Waals surface area contributed by atoms with Crippen LogP contribution >= 0.6 is 0 Å². The van der Waals surface area contributed by atoms with E-state index in [1.807, 2.05) is 20.8 Å². The highest BCUT2D eigenvalue weighted by molar-refractivity contribution is 6.02. The van der Waals surface area contributed by atoms with Gasteiger partial charge in [0.05, 0.1) is 11.0 Å². The van der Waals surface area contributed by atoms with E-state index in [-0.39, 0.29) is 11.2 Å². The van der Waals surface area contributed by atoms with E-state index in [1.165, 1.54) is 0 Å². The molecule has 16 heavy (non-hydrogen) atoms. The SMILES string of the molecule is CC(C)(C)C(=O)c1ccc2nc(N)[nH]c2c1. The molecule has 0 unspecified atom stereocenters. The molecule has 0 radical (unpaired) electrons. The zero-order valence-corrected chi connectivity index (χ0v) is 9.66. The highest BCUT2D eigenvalue weighted by Crippen LogP contribution is 2.23. The number of rotatable bonds is 1. The second-order valence-corrected chi connectivity index (χ2v) is 4.93. The van der Waals surface area contributed by atoms with E-state index in [0.29, 0.717) is 11.5 Å². The van der Waals surface area contributed by atoms with Crippen LogP contribution in [0.4, 0.5) is 5.95 Å². The van der Waals surface area contributed by atoms with Gasteiger partial charge in [-0.2, -0.15) is 0 Å². The van der Waals surface area contributed by atoms with Crippen LogP contribution in [0, 0.1) is 5.41 Å². The number of hydrogen-bond acceptors (Lipinski definition) is 3. The first-order valence-corrected chi connectivity index (χ1v) is 5.18.